The highest BCUT2D eigenvalue weighted by Gasteiger charge is 2.09. The third-order valence-corrected chi connectivity index (χ3v) is 3.88. The van der Waals surface area contributed by atoms with Crippen molar-refractivity contribution in [2.75, 3.05) is 5.32 Å². The molecule has 3 N–H and O–H groups in total. The summed E-state index contributed by atoms with van der Waals surface area (Å²) in [6.07, 6.45) is 0. The van der Waals surface area contributed by atoms with Gasteiger partial charge in [0.15, 0.2) is 0 Å². The Hall–Kier alpha value is -1.17. The normalized spacial score (nSPS) is 10.3. The van der Waals surface area contributed by atoms with Gasteiger partial charge in [-0.05, 0) is 45.8 Å². The number of nitrogens with two attached hydrogens (primary N) is 1. The summed E-state index contributed by atoms with van der Waals surface area (Å²) in [6.45, 7) is 0.492. The minimum Gasteiger partial charge on any atom is -0.389 e. The van der Waals surface area contributed by atoms with Gasteiger partial charge in [-0.3, -0.25) is 0 Å². The fraction of sp³-hybridized carbons (Fsp3) is 0.0714. The van der Waals surface area contributed by atoms with Gasteiger partial charge in [0.1, 0.15) is 10.8 Å². The zero-order valence-corrected chi connectivity index (χ0v) is 13.4. The van der Waals surface area contributed by atoms with Crippen LogP contribution in [0.5, 0.6) is 0 Å². The van der Waals surface area contributed by atoms with Crippen molar-refractivity contribution in [2.24, 2.45) is 5.73 Å². The van der Waals surface area contributed by atoms with Gasteiger partial charge in [-0.25, -0.2) is 4.39 Å². The molecule has 6 heteroatoms. The van der Waals surface area contributed by atoms with Crippen molar-refractivity contribution in [1.29, 1.82) is 0 Å². The van der Waals surface area contributed by atoms with Gasteiger partial charge >= 0.3 is 0 Å². The lowest BCUT2D eigenvalue weighted by Gasteiger charge is -2.13. The third-order valence-electron chi connectivity index (χ3n) is 2.73. The second-order valence-electron chi connectivity index (χ2n) is 4.13. The number of hydrogen-bond acceptors (Lipinski definition) is 2. The van der Waals surface area contributed by atoms with Crippen molar-refractivity contribution in [2.45, 2.75) is 6.54 Å². The molecule has 0 amide bonds. The van der Waals surface area contributed by atoms with E-state index >= 15 is 0 Å². The highest BCUT2D eigenvalue weighted by Crippen LogP contribution is 2.25. The Kier molecular flexibility index (Phi) is 4.96. The first kappa shape index (κ1) is 15.2. The summed E-state index contributed by atoms with van der Waals surface area (Å²) in [5, 5.41) is 3.32. The molecule has 0 unspecified atom stereocenters. The van der Waals surface area contributed by atoms with Crippen molar-refractivity contribution in [3.05, 3.63) is 62.8 Å². The molecule has 2 nitrogen and oxygen atoms in total. The minimum absolute atomic E-state index is 0.105. The summed E-state index contributed by atoms with van der Waals surface area (Å²) in [5.41, 5.74) is 8.14. The molecule has 0 atom stereocenters. The van der Waals surface area contributed by atoms with E-state index in [9.17, 15) is 4.39 Å². The molecule has 0 heterocycles. The maximum atomic E-state index is 13.1. The predicted octanol–water partition coefficient (Wildman–Crippen LogP) is 4.49. The summed E-state index contributed by atoms with van der Waals surface area (Å²) in [7, 11) is 0. The Labute approximate surface area is 135 Å². The van der Waals surface area contributed by atoms with E-state index in [4.69, 9.17) is 29.6 Å². The van der Waals surface area contributed by atoms with Gasteiger partial charge in [-0.15, -0.1) is 0 Å². The molecule has 2 aromatic rings. The summed E-state index contributed by atoms with van der Waals surface area (Å²) in [6, 6.07) is 10.2. The molecule has 0 saturated carbocycles. The van der Waals surface area contributed by atoms with E-state index < -0.39 is 5.82 Å². The van der Waals surface area contributed by atoms with Gasteiger partial charge in [-0.1, -0.05) is 36.0 Å². The Bertz CT molecular complexity index is 664. The van der Waals surface area contributed by atoms with E-state index in [2.05, 4.69) is 21.2 Å². The quantitative estimate of drug-likeness (QED) is 0.776. The van der Waals surface area contributed by atoms with Gasteiger partial charge in [0.2, 0.25) is 0 Å². The van der Waals surface area contributed by atoms with Gasteiger partial charge in [-0.2, -0.15) is 0 Å². The third kappa shape index (κ3) is 3.48. The van der Waals surface area contributed by atoms with Crippen molar-refractivity contribution in [3.63, 3.8) is 0 Å². The maximum absolute atomic E-state index is 13.1. The monoisotopic (exact) mass is 372 g/mol. The topological polar surface area (TPSA) is 38.0 Å². The molecule has 0 aromatic heterocycles. The Morgan fingerprint density at radius 3 is 2.75 bits per heavy atom. The van der Waals surface area contributed by atoms with Crippen LogP contribution in [-0.2, 0) is 6.54 Å². The van der Waals surface area contributed by atoms with Crippen LogP contribution in [0.2, 0.25) is 5.02 Å². The lowest BCUT2D eigenvalue weighted by molar-refractivity contribution is 0.627. The lowest BCUT2D eigenvalue weighted by atomic mass is 10.1. The van der Waals surface area contributed by atoms with E-state index in [1.54, 1.807) is 12.1 Å². The van der Waals surface area contributed by atoms with Crippen molar-refractivity contribution in [3.8, 4) is 0 Å². The average molecular weight is 374 g/mol. The number of anilines is 1. The molecular weight excluding hydrogens is 363 g/mol. The zero-order valence-electron chi connectivity index (χ0n) is 10.3. The van der Waals surface area contributed by atoms with E-state index in [1.165, 1.54) is 6.07 Å². The molecule has 20 heavy (non-hydrogen) atoms. The van der Waals surface area contributed by atoms with Gasteiger partial charge in [0.05, 0.1) is 5.02 Å². The van der Waals surface area contributed by atoms with Crippen LogP contribution < -0.4 is 11.1 Å². The minimum atomic E-state index is -0.429. The summed E-state index contributed by atoms with van der Waals surface area (Å²) in [4.78, 5) is 0.303. The van der Waals surface area contributed by atoms with E-state index in [-0.39, 0.29) is 5.02 Å². The molecule has 0 bridgehead atoms. The first-order chi connectivity index (χ1) is 9.49. The highest BCUT2D eigenvalue weighted by atomic mass is 79.9. The molecule has 0 spiro atoms. The van der Waals surface area contributed by atoms with Crippen LogP contribution in [0.25, 0.3) is 0 Å². The van der Waals surface area contributed by atoms with Crippen LogP contribution in [0.3, 0.4) is 0 Å². The van der Waals surface area contributed by atoms with Crippen LogP contribution in [-0.4, -0.2) is 4.99 Å². The van der Waals surface area contributed by atoms with Gasteiger partial charge < -0.3 is 11.1 Å². The molecule has 0 aliphatic heterocycles. The molecule has 2 aromatic carbocycles. The van der Waals surface area contributed by atoms with Crippen LogP contribution in [0, 0.1) is 5.82 Å². The molecular formula is C14H11BrClFN2S. The van der Waals surface area contributed by atoms with Crippen molar-refractivity contribution in [1.82, 2.24) is 0 Å². The lowest BCUT2D eigenvalue weighted by Crippen LogP contribution is -2.14. The Balaban J connectivity index is 2.21. The number of hydrogen-bond donors (Lipinski definition) is 2. The number of halogens is 3. The Morgan fingerprint density at radius 1 is 1.35 bits per heavy atom. The van der Waals surface area contributed by atoms with Crippen LogP contribution in [0.1, 0.15) is 11.1 Å². The second-order valence-corrected chi connectivity index (χ2v) is 5.83. The fourth-order valence-corrected chi connectivity index (χ4v) is 2.90. The first-order valence-corrected chi connectivity index (χ1v) is 7.33. The molecule has 0 aliphatic carbocycles. The summed E-state index contributed by atoms with van der Waals surface area (Å²) < 4.78 is 13.9. The first-order valence-electron chi connectivity index (χ1n) is 5.75. The molecule has 0 radical (unpaired) electrons. The number of benzene rings is 2. The Morgan fingerprint density at radius 2 is 2.10 bits per heavy atom. The number of nitrogens with one attached hydrogen (secondary N) is 1. The predicted molar refractivity (Wildman–Crippen MR) is 88.8 cm³/mol. The SMILES string of the molecule is NC(=S)c1c(Br)cccc1NCc1ccc(F)c(Cl)c1. The molecule has 0 saturated heterocycles. The highest BCUT2D eigenvalue weighted by molar-refractivity contribution is 9.10. The molecule has 2 rings (SSSR count). The fourth-order valence-electron chi connectivity index (χ4n) is 1.77. The van der Waals surface area contributed by atoms with Crippen LogP contribution in [0.15, 0.2) is 40.9 Å². The summed E-state index contributed by atoms with van der Waals surface area (Å²) in [5.74, 6) is -0.429. The average Bonchev–Trinajstić information content (AvgIpc) is 2.39. The molecule has 0 aliphatic rings. The molecule has 104 valence electrons. The summed E-state index contributed by atoms with van der Waals surface area (Å²) >= 11 is 14.2. The second kappa shape index (κ2) is 6.52. The van der Waals surface area contributed by atoms with E-state index in [0.717, 1.165) is 21.3 Å². The number of thiocarbonyl (C=S) groups is 1. The number of rotatable bonds is 4. The van der Waals surface area contributed by atoms with E-state index in [1.807, 2.05) is 18.2 Å². The maximum Gasteiger partial charge on any atom is 0.141 e. The largest absolute Gasteiger partial charge is 0.389 e. The van der Waals surface area contributed by atoms with Crippen molar-refractivity contribution < 1.29 is 4.39 Å². The van der Waals surface area contributed by atoms with Crippen LogP contribution >= 0.6 is 39.7 Å². The van der Waals surface area contributed by atoms with Crippen molar-refractivity contribution >= 4 is 50.4 Å². The van der Waals surface area contributed by atoms with Gasteiger partial charge in [0.25, 0.3) is 0 Å². The van der Waals surface area contributed by atoms with E-state index in [0.29, 0.717) is 11.5 Å². The smallest absolute Gasteiger partial charge is 0.141 e. The van der Waals surface area contributed by atoms with Crippen LogP contribution in [0.4, 0.5) is 10.1 Å². The van der Waals surface area contributed by atoms with Gasteiger partial charge in [0, 0.05) is 22.3 Å². The molecule has 0 fully saturated rings. The standard InChI is InChI=1S/C14H11BrClFN2S/c15-9-2-1-3-12(13(9)14(18)20)19-7-8-4-5-11(17)10(16)6-8/h1-6,19H,7H2,(H2,18,20). The zero-order chi connectivity index (χ0) is 14.7.